The maximum Gasteiger partial charge on any atom is 0.311 e. The van der Waals surface area contributed by atoms with E-state index in [0.717, 1.165) is 38.2 Å². The van der Waals surface area contributed by atoms with Gasteiger partial charge in [-0.15, -0.1) is 0 Å². The minimum absolute atomic E-state index is 0.0656. The summed E-state index contributed by atoms with van der Waals surface area (Å²) in [4.78, 5) is 27.7. The number of rotatable bonds is 5. The average Bonchev–Trinajstić information content (AvgIpc) is 3.28. The Morgan fingerprint density at radius 3 is 2.83 bits per heavy atom. The zero-order chi connectivity index (χ0) is 16.8. The van der Waals surface area contributed by atoms with E-state index in [1.54, 1.807) is 11.2 Å². The third-order valence-corrected chi connectivity index (χ3v) is 4.52. The maximum absolute atomic E-state index is 11.9. The first-order valence-electron chi connectivity index (χ1n) is 8.66. The van der Waals surface area contributed by atoms with Gasteiger partial charge in [0, 0.05) is 32.7 Å². The third kappa shape index (κ3) is 4.58. The summed E-state index contributed by atoms with van der Waals surface area (Å²) >= 11 is 0. The van der Waals surface area contributed by atoms with Gasteiger partial charge in [0.1, 0.15) is 5.76 Å². The van der Waals surface area contributed by atoms with Gasteiger partial charge in [-0.1, -0.05) is 0 Å². The highest BCUT2D eigenvalue weighted by atomic mass is 16.5. The van der Waals surface area contributed by atoms with Crippen LogP contribution < -0.4 is 5.32 Å². The van der Waals surface area contributed by atoms with E-state index < -0.39 is 11.8 Å². The zero-order valence-corrected chi connectivity index (χ0v) is 13.9. The van der Waals surface area contributed by atoms with Crippen molar-refractivity contribution >= 4 is 11.8 Å². The Kier molecular flexibility index (Phi) is 5.87. The molecule has 2 fully saturated rings. The summed E-state index contributed by atoms with van der Waals surface area (Å²) in [5, 5.41) is 2.72. The van der Waals surface area contributed by atoms with Crippen molar-refractivity contribution in [1.82, 2.24) is 15.1 Å². The summed E-state index contributed by atoms with van der Waals surface area (Å²) in [5.74, 6) is 0.0387. The molecule has 0 saturated carbocycles. The molecule has 0 bridgehead atoms. The SMILES string of the molecule is O=C(NCCC1CN(Cc2ccco2)CCO1)C(=O)N1CCCC1. The average molecular weight is 335 g/mol. The van der Waals surface area contributed by atoms with Crippen molar-refractivity contribution in [2.75, 3.05) is 39.3 Å². The first kappa shape index (κ1) is 17.0. The second-order valence-corrected chi connectivity index (χ2v) is 6.35. The van der Waals surface area contributed by atoms with Gasteiger partial charge in [0.25, 0.3) is 0 Å². The Bertz CT molecular complexity index is 540. The molecule has 132 valence electrons. The molecule has 3 heterocycles. The second kappa shape index (κ2) is 8.30. The largest absolute Gasteiger partial charge is 0.468 e. The van der Waals surface area contributed by atoms with Gasteiger partial charge in [0.05, 0.1) is 25.5 Å². The van der Waals surface area contributed by atoms with Gasteiger partial charge in [-0.25, -0.2) is 0 Å². The Morgan fingerprint density at radius 1 is 1.25 bits per heavy atom. The lowest BCUT2D eigenvalue weighted by Gasteiger charge is -2.32. The molecule has 0 radical (unpaired) electrons. The molecule has 7 nitrogen and oxygen atoms in total. The summed E-state index contributed by atoms with van der Waals surface area (Å²) < 4.78 is 11.1. The fourth-order valence-corrected chi connectivity index (χ4v) is 3.21. The number of carbonyl (C=O) groups is 2. The summed E-state index contributed by atoms with van der Waals surface area (Å²) in [6.45, 7) is 4.96. The number of carbonyl (C=O) groups excluding carboxylic acids is 2. The lowest BCUT2D eigenvalue weighted by atomic mass is 10.2. The highest BCUT2D eigenvalue weighted by molar-refractivity contribution is 6.35. The molecule has 3 rings (SSSR count). The molecule has 0 aromatic carbocycles. The van der Waals surface area contributed by atoms with E-state index in [4.69, 9.17) is 9.15 Å². The van der Waals surface area contributed by atoms with Gasteiger partial charge >= 0.3 is 11.8 Å². The number of nitrogens with zero attached hydrogens (tertiary/aromatic N) is 2. The molecule has 2 saturated heterocycles. The Balaban J connectivity index is 1.36. The van der Waals surface area contributed by atoms with Gasteiger partial charge in [-0.05, 0) is 31.4 Å². The lowest BCUT2D eigenvalue weighted by molar-refractivity contribution is -0.145. The molecule has 1 atom stereocenters. The second-order valence-electron chi connectivity index (χ2n) is 6.35. The van der Waals surface area contributed by atoms with E-state index in [0.29, 0.717) is 32.7 Å². The third-order valence-electron chi connectivity index (χ3n) is 4.52. The monoisotopic (exact) mass is 335 g/mol. The minimum atomic E-state index is -0.500. The molecule has 1 aromatic heterocycles. The lowest BCUT2D eigenvalue weighted by Crippen LogP contribution is -2.45. The predicted octanol–water partition coefficient (Wildman–Crippen LogP) is 0.609. The summed E-state index contributed by atoms with van der Waals surface area (Å²) in [7, 11) is 0. The number of amides is 2. The number of ether oxygens (including phenoxy) is 1. The van der Waals surface area contributed by atoms with Crippen molar-refractivity contribution in [2.24, 2.45) is 0 Å². The van der Waals surface area contributed by atoms with Gasteiger partial charge in [0.15, 0.2) is 0 Å². The first-order chi connectivity index (χ1) is 11.7. The van der Waals surface area contributed by atoms with Gasteiger partial charge in [-0.3, -0.25) is 14.5 Å². The molecular formula is C17H25N3O4. The van der Waals surface area contributed by atoms with Crippen LogP contribution in [0.25, 0.3) is 0 Å². The van der Waals surface area contributed by atoms with Crippen LogP contribution in [0.2, 0.25) is 0 Å². The van der Waals surface area contributed by atoms with Crippen molar-refractivity contribution in [3.05, 3.63) is 24.2 Å². The van der Waals surface area contributed by atoms with E-state index in [1.807, 2.05) is 12.1 Å². The van der Waals surface area contributed by atoms with Crippen LogP contribution in [0.5, 0.6) is 0 Å². The highest BCUT2D eigenvalue weighted by Gasteiger charge is 2.25. The van der Waals surface area contributed by atoms with Crippen molar-refractivity contribution in [3.8, 4) is 0 Å². The molecule has 2 aliphatic rings. The summed E-state index contributed by atoms with van der Waals surface area (Å²) in [6, 6.07) is 3.86. The van der Waals surface area contributed by atoms with E-state index in [-0.39, 0.29) is 6.10 Å². The molecule has 1 unspecified atom stereocenters. The predicted molar refractivity (Wildman–Crippen MR) is 87.2 cm³/mol. The molecule has 2 aliphatic heterocycles. The van der Waals surface area contributed by atoms with Crippen LogP contribution in [0, 0.1) is 0 Å². The smallest absolute Gasteiger partial charge is 0.311 e. The minimum Gasteiger partial charge on any atom is -0.468 e. The Labute approximate surface area is 141 Å². The number of furan rings is 1. The highest BCUT2D eigenvalue weighted by Crippen LogP contribution is 2.13. The van der Waals surface area contributed by atoms with Crippen LogP contribution in [-0.4, -0.2) is 67.0 Å². The number of morpholine rings is 1. The number of hydrogen-bond acceptors (Lipinski definition) is 5. The summed E-state index contributed by atoms with van der Waals surface area (Å²) in [5.41, 5.74) is 0. The molecule has 2 amide bonds. The molecule has 24 heavy (non-hydrogen) atoms. The van der Waals surface area contributed by atoms with Crippen LogP contribution in [0.15, 0.2) is 22.8 Å². The normalized spacial score (nSPS) is 21.8. The summed E-state index contributed by atoms with van der Waals surface area (Å²) in [6.07, 6.45) is 4.42. The Hall–Kier alpha value is -1.86. The van der Waals surface area contributed by atoms with Gasteiger partial charge in [-0.2, -0.15) is 0 Å². The molecular weight excluding hydrogens is 310 g/mol. The van der Waals surface area contributed by atoms with Crippen LogP contribution in [0.1, 0.15) is 25.0 Å². The fourth-order valence-electron chi connectivity index (χ4n) is 3.21. The number of nitrogens with one attached hydrogen (secondary N) is 1. The number of likely N-dealkylation sites (tertiary alicyclic amines) is 1. The Morgan fingerprint density at radius 2 is 2.08 bits per heavy atom. The van der Waals surface area contributed by atoms with E-state index in [9.17, 15) is 9.59 Å². The quantitative estimate of drug-likeness (QED) is 0.798. The maximum atomic E-state index is 11.9. The van der Waals surface area contributed by atoms with Crippen LogP contribution in [0.4, 0.5) is 0 Å². The fraction of sp³-hybridized carbons (Fsp3) is 0.647. The van der Waals surface area contributed by atoms with E-state index >= 15 is 0 Å². The van der Waals surface area contributed by atoms with E-state index in [2.05, 4.69) is 10.2 Å². The van der Waals surface area contributed by atoms with Crippen LogP contribution in [0.3, 0.4) is 0 Å². The van der Waals surface area contributed by atoms with Crippen molar-refractivity contribution in [2.45, 2.75) is 31.9 Å². The standard InChI is InChI=1S/C17H25N3O4/c21-16(17(22)20-7-1-2-8-20)18-6-5-15-13-19(9-11-24-15)12-14-4-3-10-23-14/h3-4,10,15H,1-2,5-9,11-13H2,(H,18,21). The van der Waals surface area contributed by atoms with Crippen LogP contribution in [-0.2, 0) is 20.9 Å². The van der Waals surface area contributed by atoms with Gasteiger partial charge in [0.2, 0.25) is 0 Å². The zero-order valence-electron chi connectivity index (χ0n) is 13.9. The molecule has 0 aliphatic carbocycles. The first-order valence-corrected chi connectivity index (χ1v) is 8.66. The van der Waals surface area contributed by atoms with Gasteiger partial charge < -0.3 is 19.4 Å². The van der Waals surface area contributed by atoms with Crippen molar-refractivity contribution in [3.63, 3.8) is 0 Å². The van der Waals surface area contributed by atoms with Crippen LogP contribution >= 0.6 is 0 Å². The number of hydrogen-bond donors (Lipinski definition) is 1. The van der Waals surface area contributed by atoms with Crippen molar-refractivity contribution < 1.29 is 18.7 Å². The van der Waals surface area contributed by atoms with E-state index in [1.165, 1.54) is 0 Å². The topological polar surface area (TPSA) is 75.0 Å². The molecule has 0 spiro atoms. The molecule has 1 aromatic rings. The molecule has 7 heteroatoms. The molecule has 1 N–H and O–H groups in total. The van der Waals surface area contributed by atoms with Crippen molar-refractivity contribution in [1.29, 1.82) is 0 Å².